The number of ether oxygens (including phenoxy) is 1. The Labute approximate surface area is 161 Å². The summed E-state index contributed by atoms with van der Waals surface area (Å²) in [5.41, 5.74) is 1.09. The lowest BCUT2D eigenvalue weighted by atomic mass is 9.84. The third kappa shape index (κ3) is 3.16. The Hall–Kier alpha value is -2.80. The molecule has 0 saturated carbocycles. The Bertz CT molecular complexity index is 997. The fourth-order valence-electron chi connectivity index (χ4n) is 4.28. The van der Waals surface area contributed by atoms with Gasteiger partial charge in [0.1, 0.15) is 11.9 Å². The molecule has 2 aliphatic heterocycles. The number of hydrogen-bond donors (Lipinski definition) is 2. The van der Waals surface area contributed by atoms with Crippen LogP contribution in [0.25, 0.3) is 22.0 Å². The number of piperidine rings is 2. The van der Waals surface area contributed by atoms with E-state index < -0.39 is 12.3 Å². The molecule has 144 valence electrons. The molecule has 2 saturated heterocycles. The van der Waals surface area contributed by atoms with Crippen LogP contribution in [0.4, 0.5) is 4.39 Å². The maximum Gasteiger partial charge on any atom is 0.233 e. The molecule has 2 aliphatic rings. The van der Waals surface area contributed by atoms with E-state index in [2.05, 4.69) is 20.5 Å². The van der Waals surface area contributed by atoms with Crippen LogP contribution in [0.15, 0.2) is 42.7 Å². The van der Waals surface area contributed by atoms with Crippen LogP contribution in [-0.4, -0.2) is 44.6 Å². The number of alkyl halides is 1. The maximum atomic E-state index is 14.7. The highest BCUT2D eigenvalue weighted by molar-refractivity contribution is 5.89. The Morgan fingerprint density at radius 3 is 2.89 bits per heavy atom. The molecule has 6 nitrogen and oxygen atoms in total. The summed E-state index contributed by atoms with van der Waals surface area (Å²) < 4.78 is 20.5. The first-order valence-electron chi connectivity index (χ1n) is 9.65. The minimum Gasteiger partial charge on any atom is -0.507 e. The zero-order valence-corrected chi connectivity index (χ0v) is 15.3. The van der Waals surface area contributed by atoms with Gasteiger partial charge in [-0.1, -0.05) is 6.42 Å². The van der Waals surface area contributed by atoms with Crippen LogP contribution in [-0.2, 0) is 0 Å². The number of nitrogens with zero attached hydrogens (tertiary/aromatic N) is 3. The second kappa shape index (κ2) is 6.98. The molecule has 2 fully saturated rings. The van der Waals surface area contributed by atoms with E-state index in [0.29, 0.717) is 29.6 Å². The van der Waals surface area contributed by atoms with Gasteiger partial charge in [-0.05, 0) is 42.5 Å². The van der Waals surface area contributed by atoms with Crippen LogP contribution < -0.4 is 10.1 Å². The molecule has 0 aliphatic carbocycles. The summed E-state index contributed by atoms with van der Waals surface area (Å²) in [6.07, 6.45) is 5.47. The monoisotopic (exact) mass is 380 g/mol. The number of aromatic hydroxyl groups is 1. The van der Waals surface area contributed by atoms with Gasteiger partial charge in [-0.3, -0.25) is 4.98 Å². The lowest BCUT2D eigenvalue weighted by Gasteiger charge is -2.42. The summed E-state index contributed by atoms with van der Waals surface area (Å²) in [5, 5.41) is 23.8. The minimum absolute atomic E-state index is 0.122. The largest absolute Gasteiger partial charge is 0.507 e. The first-order chi connectivity index (χ1) is 13.7. The third-order valence-corrected chi connectivity index (χ3v) is 5.72. The molecule has 7 heteroatoms. The van der Waals surface area contributed by atoms with E-state index >= 15 is 0 Å². The van der Waals surface area contributed by atoms with Gasteiger partial charge in [0.2, 0.25) is 5.88 Å². The molecule has 0 radical (unpaired) electrons. The number of hydrogen-bond acceptors (Lipinski definition) is 6. The summed E-state index contributed by atoms with van der Waals surface area (Å²) in [6.45, 7) is 0. The van der Waals surface area contributed by atoms with E-state index in [1.165, 1.54) is 0 Å². The highest BCUT2D eigenvalue weighted by Gasteiger charge is 2.41. The zero-order valence-electron chi connectivity index (χ0n) is 15.3. The van der Waals surface area contributed by atoms with Gasteiger partial charge >= 0.3 is 0 Å². The van der Waals surface area contributed by atoms with Crippen LogP contribution in [0.1, 0.15) is 25.7 Å². The number of rotatable bonds is 3. The van der Waals surface area contributed by atoms with Gasteiger partial charge in [-0.2, -0.15) is 0 Å². The Kier molecular flexibility index (Phi) is 4.31. The molecule has 2 bridgehead atoms. The number of nitrogens with one attached hydrogen (secondary N) is 1. The lowest BCUT2D eigenvalue weighted by molar-refractivity contribution is 0.00652. The molecule has 28 heavy (non-hydrogen) atoms. The normalized spacial score (nSPS) is 26.9. The van der Waals surface area contributed by atoms with Crippen LogP contribution in [0.3, 0.4) is 0 Å². The summed E-state index contributed by atoms with van der Waals surface area (Å²) in [4.78, 5) is 4.11. The number of halogens is 1. The van der Waals surface area contributed by atoms with Gasteiger partial charge in [-0.15, -0.1) is 10.2 Å². The van der Waals surface area contributed by atoms with Crippen molar-refractivity contribution in [1.82, 2.24) is 20.5 Å². The van der Waals surface area contributed by atoms with E-state index in [1.54, 1.807) is 30.6 Å². The Morgan fingerprint density at radius 1 is 1.11 bits per heavy atom. The first kappa shape index (κ1) is 17.3. The van der Waals surface area contributed by atoms with Gasteiger partial charge in [0, 0.05) is 47.9 Å². The number of phenols is 1. The Balaban J connectivity index is 1.37. The van der Waals surface area contributed by atoms with Crippen LogP contribution in [0.2, 0.25) is 0 Å². The van der Waals surface area contributed by atoms with Crippen molar-refractivity contribution in [2.75, 3.05) is 0 Å². The number of pyridine rings is 1. The van der Waals surface area contributed by atoms with Crippen LogP contribution in [0.5, 0.6) is 11.6 Å². The molecule has 0 spiro atoms. The van der Waals surface area contributed by atoms with E-state index in [-0.39, 0.29) is 11.8 Å². The van der Waals surface area contributed by atoms with Gasteiger partial charge < -0.3 is 15.2 Å². The second-order valence-corrected chi connectivity index (χ2v) is 7.59. The summed E-state index contributed by atoms with van der Waals surface area (Å²) in [6, 6.07) is 8.94. The molecule has 1 aromatic carbocycles. The quantitative estimate of drug-likeness (QED) is 0.725. The fraction of sp³-hybridized carbons (Fsp3) is 0.381. The van der Waals surface area contributed by atoms with Crippen molar-refractivity contribution in [3.63, 3.8) is 0 Å². The van der Waals surface area contributed by atoms with Gasteiger partial charge in [0.25, 0.3) is 0 Å². The predicted octanol–water partition coefficient (Wildman–Crippen LogP) is 3.40. The summed E-state index contributed by atoms with van der Waals surface area (Å²) in [5.74, 6) is 0.426. The average molecular weight is 380 g/mol. The molecule has 4 atom stereocenters. The molecule has 2 aromatic heterocycles. The Morgan fingerprint density at radius 2 is 2.04 bits per heavy atom. The van der Waals surface area contributed by atoms with Crippen molar-refractivity contribution in [3.8, 4) is 22.9 Å². The zero-order chi connectivity index (χ0) is 19.1. The fourth-order valence-corrected chi connectivity index (χ4v) is 4.28. The van der Waals surface area contributed by atoms with Gasteiger partial charge in [0.15, 0.2) is 6.17 Å². The number of phenolic OH excluding ortho intramolecular Hbond substituents is 1. The summed E-state index contributed by atoms with van der Waals surface area (Å²) >= 11 is 0. The minimum atomic E-state index is -1.05. The number of fused-ring (bicyclic) bond motifs is 3. The number of aromatic nitrogens is 3. The average Bonchev–Trinajstić information content (AvgIpc) is 2.72. The smallest absolute Gasteiger partial charge is 0.233 e. The molecule has 5 rings (SSSR count). The van der Waals surface area contributed by atoms with Crippen LogP contribution in [0, 0.1) is 0 Å². The highest BCUT2D eigenvalue weighted by atomic mass is 19.1. The molecule has 4 heterocycles. The van der Waals surface area contributed by atoms with E-state index in [4.69, 9.17) is 4.74 Å². The standard InChI is InChI=1S/C21H21FN4O2/c22-21-17-3-1-2-14(24-17)10-19(21)28-20-5-4-16(25-26-20)15-8-13-11-23-7-6-12(13)9-18(15)27/h4-9,11,14,17,19,21,24,27H,1-3,10H2/t14?,17?,19-,21+/m0/s1. The maximum absolute atomic E-state index is 14.7. The van der Waals surface area contributed by atoms with Crippen molar-refractivity contribution < 1.29 is 14.2 Å². The molecule has 2 unspecified atom stereocenters. The van der Waals surface area contributed by atoms with E-state index in [1.807, 2.05) is 12.1 Å². The van der Waals surface area contributed by atoms with Crippen LogP contribution >= 0.6 is 0 Å². The predicted molar refractivity (Wildman–Crippen MR) is 103 cm³/mol. The van der Waals surface area contributed by atoms with E-state index in [0.717, 1.165) is 30.0 Å². The third-order valence-electron chi connectivity index (χ3n) is 5.72. The van der Waals surface area contributed by atoms with Crippen molar-refractivity contribution in [1.29, 1.82) is 0 Å². The molecular formula is C21H21FN4O2. The second-order valence-electron chi connectivity index (χ2n) is 7.59. The number of benzene rings is 1. The SMILES string of the molecule is Oc1cc2ccncc2cc1-c1ccc(O[C@H]2CC3CCCC(N3)[C@H]2F)nn1. The van der Waals surface area contributed by atoms with Crippen molar-refractivity contribution in [3.05, 3.63) is 42.7 Å². The highest BCUT2D eigenvalue weighted by Crippen LogP contribution is 2.33. The van der Waals surface area contributed by atoms with Crippen molar-refractivity contribution >= 4 is 10.8 Å². The molecular weight excluding hydrogens is 359 g/mol. The lowest BCUT2D eigenvalue weighted by Crippen LogP contribution is -2.59. The van der Waals surface area contributed by atoms with Crippen molar-refractivity contribution in [2.45, 2.75) is 50.0 Å². The molecule has 2 N–H and O–H groups in total. The van der Waals surface area contributed by atoms with Gasteiger partial charge in [-0.25, -0.2) is 4.39 Å². The van der Waals surface area contributed by atoms with Crippen molar-refractivity contribution in [2.24, 2.45) is 0 Å². The first-order valence-corrected chi connectivity index (χ1v) is 9.65. The van der Waals surface area contributed by atoms with E-state index in [9.17, 15) is 9.50 Å². The molecule has 3 aromatic rings. The molecule has 0 amide bonds. The van der Waals surface area contributed by atoms with Gasteiger partial charge in [0.05, 0.1) is 5.69 Å². The topological polar surface area (TPSA) is 80.2 Å². The summed E-state index contributed by atoms with van der Waals surface area (Å²) in [7, 11) is 0.